The van der Waals surface area contributed by atoms with Crippen LogP contribution in [0.1, 0.15) is 27.7 Å². The van der Waals surface area contributed by atoms with Gasteiger partial charge >= 0.3 is 7.12 Å². The molecule has 0 saturated carbocycles. The standard InChI is InChI=1S/C24H25BClFN2O3S/c1-23(2)24(3,4)32-25(31-23)17-9-5-7-11-20(17)28-16-13-14-21(19(27)15-16)29-33(30)22-12-8-6-10-18(22)26/h5-15,28-29H,1-4H3. The first-order valence-electron chi connectivity index (χ1n) is 10.5. The number of halogens is 2. The summed E-state index contributed by atoms with van der Waals surface area (Å²) >= 11 is 6.09. The van der Waals surface area contributed by atoms with Gasteiger partial charge in [0, 0.05) is 16.8 Å². The van der Waals surface area contributed by atoms with Gasteiger partial charge in [-0.25, -0.2) is 8.60 Å². The van der Waals surface area contributed by atoms with Gasteiger partial charge in [0.25, 0.3) is 0 Å². The van der Waals surface area contributed by atoms with Crippen LogP contribution in [0.4, 0.5) is 21.5 Å². The van der Waals surface area contributed by atoms with Gasteiger partial charge in [-0.3, -0.25) is 4.72 Å². The minimum atomic E-state index is -1.70. The topological polar surface area (TPSA) is 59.6 Å². The van der Waals surface area contributed by atoms with E-state index >= 15 is 0 Å². The van der Waals surface area contributed by atoms with E-state index in [1.54, 1.807) is 30.3 Å². The highest BCUT2D eigenvalue weighted by Crippen LogP contribution is 2.37. The zero-order valence-corrected chi connectivity index (χ0v) is 20.4. The van der Waals surface area contributed by atoms with Gasteiger partial charge in [-0.2, -0.15) is 0 Å². The molecular weight excluding hydrogens is 462 g/mol. The van der Waals surface area contributed by atoms with Crippen molar-refractivity contribution in [2.24, 2.45) is 0 Å². The van der Waals surface area contributed by atoms with Gasteiger partial charge in [-0.1, -0.05) is 41.9 Å². The molecule has 1 aliphatic rings. The molecule has 3 aromatic rings. The first kappa shape index (κ1) is 23.8. The molecule has 0 radical (unpaired) electrons. The molecule has 9 heteroatoms. The molecule has 2 N–H and O–H groups in total. The SMILES string of the molecule is CC1(C)OB(c2ccccc2Nc2ccc(NS(=O)c3ccccc3Cl)c(F)c2)OC1(C)C. The Balaban J connectivity index is 1.53. The van der Waals surface area contributed by atoms with Crippen LogP contribution < -0.4 is 15.5 Å². The molecule has 4 rings (SSSR count). The molecule has 3 aromatic carbocycles. The molecule has 172 valence electrons. The summed E-state index contributed by atoms with van der Waals surface area (Å²) in [4.78, 5) is 0.386. The Bertz CT molecular complexity index is 1190. The first-order valence-corrected chi connectivity index (χ1v) is 12.0. The third-order valence-corrected chi connectivity index (χ3v) is 7.56. The van der Waals surface area contributed by atoms with E-state index in [9.17, 15) is 8.60 Å². The number of nitrogens with one attached hydrogen (secondary N) is 2. The van der Waals surface area contributed by atoms with Crippen molar-refractivity contribution in [2.45, 2.75) is 43.8 Å². The number of hydrogen-bond acceptors (Lipinski definition) is 4. The van der Waals surface area contributed by atoms with E-state index in [0.29, 0.717) is 15.6 Å². The van der Waals surface area contributed by atoms with Crippen molar-refractivity contribution >= 4 is 52.2 Å². The molecule has 1 unspecified atom stereocenters. The highest BCUT2D eigenvalue weighted by atomic mass is 35.5. The molecule has 1 fully saturated rings. The molecule has 1 aliphatic heterocycles. The maximum atomic E-state index is 14.8. The van der Waals surface area contributed by atoms with E-state index < -0.39 is 35.1 Å². The van der Waals surface area contributed by atoms with Gasteiger partial charge in [0.1, 0.15) is 5.82 Å². The van der Waals surface area contributed by atoms with Gasteiger partial charge in [-0.05, 0) is 64.1 Å². The second kappa shape index (κ2) is 9.10. The molecular formula is C24H25BClFN2O3S. The van der Waals surface area contributed by atoms with Gasteiger partial charge < -0.3 is 14.6 Å². The average Bonchev–Trinajstić information content (AvgIpc) is 2.97. The molecule has 5 nitrogen and oxygen atoms in total. The summed E-state index contributed by atoms with van der Waals surface area (Å²) in [5.41, 5.74) is 1.26. The lowest BCUT2D eigenvalue weighted by molar-refractivity contribution is 0.00578. The van der Waals surface area contributed by atoms with Gasteiger partial charge in [0.15, 0.2) is 11.0 Å². The van der Waals surface area contributed by atoms with Crippen LogP contribution in [-0.2, 0) is 20.3 Å². The Morgan fingerprint density at radius 2 is 1.55 bits per heavy atom. The number of anilines is 3. The lowest BCUT2D eigenvalue weighted by atomic mass is 9.77. The normalized spacial score (nSPS) is 17.6. The van der Waals surface area contributed by atoms with Gasteiger partial charge in [0.2, 0.25) is 0 Å². The lowest BCUT2D eigenvalue weighted by Crippen LogP contribution is -2.41. The highest BCUT2D eigenvalue weighted by Gasteiger charge is 2.52. The van der Waals surface area contributed by atoms with Crippen molar-refractivity contribution in [3.8, 4) is 0 Å². The van der Waals surface area contributed by atoms with Crippen molar-refractivity contribution in [3.63, 3.8) is 0 Å². The smallest absolute Gasteiger partial charge is 0.399 e. The Morgan fingerprint density at radius 1 is 0.909 bits per heavy atom. The molecule has 0 spiro atoms. The molecule has 0 bridgehead atoms. The van der Waals surface area contributed by atoms with Crippen molar-refractivity contribution < 1.29 is 17.9 Å². The Hall–Kier alpha value is -2.39. The van der Waals surface area contributed by atoms with E-state index in [1.807, 2.05) is 52.0 Å². The predicted molar refractivity (Wildman–Crippen MR) is 133 cm³/mol. The fourth-order valence-corrected chi connectivity index (χ4v) is 4.64. The molecule has 0 aliphatic carbocycles. The quantitative estimate of drug-likeness (QED) is 0.442. The van der Waals surface area contributed by atoms with E-state index in [0.717, 1.165) is 11.2 Å². The third kappa shape index (κ3) is 4.94. The Labute approximate surface area is 201 Å². The summed E-state index contributed by atoms with van der Waals surface area (Å²) in [5.74, 6) is -0.548. The first-order chi connectivity index (χ1) is 15.6. The van der Waals surface area contributed by atoms with E-state index in [-0.39, 0.29) is 5.69 Å². The largest absolute Gasteiger partial charge is 0.496 e. The zero-order chi connectivity index (χ0) is 23.8. The van der Waals surface area contributed by atoms with Crippen LogP contribution in [0, 0.1) is 5.82 Å². The second-order valence-electron chi connectivity index (χ2n) is 8.80. The second-order valence-corrected chi connectivity index (χ2v) is 10.4. The maximum absolute atomic E-state index is 14.8. The number of hydrogen-bond donors (Lipinski definition) is 2. The summed E-state index contributed by atoms with van der Waals surface area (Å²) in [6, 6.07) is 18.9. The minimum Gasteiger partial charge on any atom is -0.399 e. The highest BCUT2D eigenvalue weighted by molar-refractivity contribution is 7.86. The van der Waals surface area contributed by atoms with Crippen LogP contribution >= 0.6 is 11.6 Å². The summed E-state index contributed by atoms with van der Waals surface area (Å²) < 4.78 is 42.4. The lowest BCUT2D eigenvalue weighted by Gasteiger charge is -2.32. The van der Waals surface area contributed by atoms with Crippen molar-refractivity contribution in [1.82, 2.24) is 0 Å². The minimum absolute atomic E-state index is 0.109. The molecule has 33 heavy (non-hydrogen) atoms. The fourth-order valence-electron chi connectivity index (χ4n) is 3.37. The van der Waals surface area contributed by atoms with Crippen LogP contribution in [-0.4, -0.2) is 22.5 Å². The molecule has 0 amide bonds. The van der Waals surface area contributed by atoms with E-state index in [2.05, 4.69) is 10.0 Å². The molecule has 1 heterocycles. The summed E-state index contributed by atoms with van der Waals surface area (Å²) in [6.07, 6.45) is 0. The van der Waals surface area contributed by atoms with E-state index in [1.165, 1.54) is 12.1 Å². The third-order valence-electron chi connectivity index (χ3n) is 5.96. The number of para-hydroxylation sites is 1. The summed E-state index contributed by atoms with van der Waals surface area (Å²) in [6.45, 7) is 7.99. The molecule has 1 atom stereocenters. The summed E-state index contributed by atoms with van der Waals surface area (Å²) in [5, 5.41) is 3.59. The Kier molecular flexibility index (Phi) is 6.55. The summed E-state index contributed by atoms with van der Waals surface area (Å²) in [7, 11) is -2.25. The van der Waals surface area contributed by atoms with Crippen LogP contribution in [0.25, 0.3) is 0 Å². The monoisotopic (exact) mass is 486 g/mol. The fraction of sp³-hybridized carbons (Fsp3) is 0.250. The van der Waals surface area contributed by atoms with Crippen molar-refractivity contribution in [3.05, 3.63) is 77.6 Å². The number of benzene rings is 3. The van der Waals surface area contributed by atoms with Crippen molar-refractivity contribution in [2.75, 3.05) is 10.0 Å². The van der Waals surface area contributed by atoms with Crippen LogP contribution in [0.2, 0.25) is 5.02 Å². The Morgan fingerprint density at radius 3 is 2.21 bits per heavy atom. The number of rotatable bonds is 6. The van der Waals surface area contributed by atoms with Crippen molar-refractivity contribution in [1.29, 1.82) is 0 Å². The van der Waals surface area contributed by atoms with Crippen LogP contribution in [0.5, 0.6) is 0 Å². The van der Waals surface area contributed by atoms with Gasteiger partial charge in [-0.15, -0.1) is 0 Å². The van der Waals surface area contributed by atoms with E-state index in [4.69, 9.17) is 20.9 Å². The van der Waals surface area contributed by atoms with Crippen LogP contribution in [0.15, 0.2) is 71.6 Å². The molecule has 0 aromatic heterocycles. The predicted octanol–water partition coefficient (Wildman–Crippen LogP) is 5.66. The van der Waals surface area contributed by atoms with Gasteiger partial charge in [0.05, 0.1) is 26.8 Å². The molecule has 1 saturated heterocycles. The maximum Gasteiger partial charge on any atom is 0.496 e. The average molecular weight is 487 g/mol. The van der Waals surface area contributed by atoms with Crippen LogP contribution in [0.3, 0.4) is 0 Å². The zero-order valence-electron chi connectivity index (χ0n) is 18.8.